The van der Waals surface area contributed by atoms with Gasteiger partial charge in [0.1, 0.15) is 0 Å². The van der Waals surface area contributed by atoms with Gasteiger partial charge in [-0.15, -0.1) is 0 Å². The third-order valence-electron chi connectivity index (χ3n) is 5.30. The van der Waals surface area contributed by atoms with Crippen LogP contribution < -0.4 is 20.4 Å². The van der Waals surface area contributed by atoms with Crippen molar-refractivity contribution in [3.8, 4) is 0 Å². The zero-order valence-electron chi connectivity index (χ0n) is 20.5. The van der Waals surface area contributed by atoms with Crippen molar-refractivity contribution in [3.05, 3.63) is 0 Å². The van der Waals surface area contributed by atoms with Gasteiger partial charge in [-0.05, 0) is 87.2 Å². The van der Waals surface area contributed by atoms with Crippen LogP contribution in [0.5, 0.6) is 0 Å². The first kappa shape index (κ1) is 39.6. The van der Waals surface area contributed by atoms with Gasteiger partial charge in [0.25, 0.3) is 0 Å². The molecular weight excluding hydrogens is 639 g/mol. The molecule has 13 heteroatoms. The molecule has 0 bridgehead atoms. The van der Waals surface area contributed by atoms with Crippen molar-refractivity contribution in [1.82, 2.24) is 0 Å². The Morgan fingerprint density at radius 2 is 0.800 bits per heavy atom. The van der Waals surface area contributed by atoms with Gasteiger partial charge in [-0.2, -0.15) is 50.5 Å². The summed E-state index contributed by atoms with van der Waals surface area (Å²) < 4.78 is 0. The van der Waals surface area contributed by atoms with E-state index in [0.29, 0.717) is 48.7 Å². The summed E-state index contributed by atoms with van der Waals surface area (Å²) in [6, 6.07) is 0. The summed E-state index contributed by atoms with van der Waals surface area (Å²) in [5.41, 5.74) is -2.00. The first-order valence-corrected chi connectivity index (χ1v) is 19.5. The van der Waals surface area contributed by atoms with Gasteiger partial charge >= 0.3 is 31.0 Å². The fraction of sp³-hybridized carbons (Fsp3) is 0.818. The Morgan fingerprint density at radius 3 is 0.943 bits per heavy atom. The van der Waals surface area contributed by atoms with Crippen LogP contribution in [0.15, 0.2) is 0 Å². The van der Waals surface area contributed by atoms with Crippen LogP contribution in [0.25, 0.3) is 0 Å². The second-order valence-electron chi connectivity index (χ2n) is 7.98. The maximum absolute atomic E-state index is 11.1. The minimum atomic E-state index is -1.16. The van der Waals surface area contributed by atoms with Crippen molar-refractivity contribution in [3.63, 3.8) is 0 Å². The van der Waals surface area contributed by atoms with Gasteiger partial charge in [-0.25, -0.2) is 0 Å². The molecule has 0 fully saturated rings. The van der Waals surface area contributed by atoms with Crippen molar-refractivity contribution in [2.45, 2.75) is 74.1 Å². The van der Waals surface area contributed by atoms with Gasteiger partial charge in [0.2, 0.25) is 0 Å². The number of carboxylic acid groups (broad SMARTS) is 4. The molecule has 0 saturated carbocycles. The van der Waals surface area contributed by atoms with Crippen LogP contribution in [0.2, 0.25) is 9.88 Å². The van der Waals surface area contributed by atoms with Crippen LogP contribution in [0.4, 0.5) is 0 Å². The number of carbonyl (C=O) groups is 4. The van der Waals surface area contributed by atoms with E-state index in [0.717, 1.165) is 0 Å². The number of rotatable bonds is 18. The molecule has 202 valence electrons. The van der Waals surface area contributed by atoms with Gasteiger partial charge in [0.15, 0.2) is 0 Å². The summed E-state index contributed by atoms with van der Waals surface area (Å²) in [5, 5.41) is 42.8. The standard InChI is InChI=1S/2C10H18O4S2.2CH3.Sn/c2*11-8(12)2-1-3-10(4-6-15,5-7-16)9(13)14;;;/h2*15-16H,1-7H2,(H,11,12)(H,13,14);2*1H3;/q;;;;+4/p-4. The molecule has 0 aromatic heterocycles. The predicted octanol–water partition coefficient (Wildman–Crippen LogP) is -0.648. The van der Waals surface area contributed by atoms with Gasteiger partial charge in [0.05, 0.1) is 0 Å². The molecule has 0 unspecified atom stereocenters. The Morgan fingerprint density at radius 1 is 0.571 bits per heavy atom. The van der Waals surface area contributed by atoms with E-state index >= 15 is 0 Å². The average Bonchev–Trinajstić information content (AvgIpc) is 2.74. The summed E-state index contributed by atoms with van der Waals surface area (Å²) in [6.45, 7) is 0. The molecule has 0 aliphatic rings. The summed E-state index contributed by atoms with van der Waals surface area (Å²) in [7, 11) is 0. The number of thiol groups is 4. The zero-order chi connectivity index (χ0) is 27.9. The molecule has 0 aliphatic heterocycles. The second-order valence-corrected chi connectivity index (χ2v) is 12.6. The number of hydrogen-bond donors (Lipinski definition) is 4. The molecule has 8 nitrogen and oxygen atoms in total. The van der Waals surface area contributed by atoms with Crippen molar-refractivity contribution < 1.29 is 39.6 Å². The Labute approximate surface area is 241 Å². The van der Waals surface area contributed by atoms with E-state index in [4.69, 9.17) is 0 Å². The first-order valence-electron chi connectivity index (χ1n) is 11.2. The molecule has 6 radical (unpaired) electrons. The fourth-order valence-electron chi connectivity index (χ4n) is 3.36. The second kappa shape index (κ2) is 24.4. The first-order chi connectivity index (χ1) is 16.4. The number of aliphatic carboxylic acids is 4. The van der Waals surface area contributed by atoms with Gasteiger partial charge in [-0.1, -0.05) is 0 Å². The van der Waals surface area contributed by atoms with Gasteiger partial charge < -0.3 is 39.6 Å². The van der Waals surface area contributed by atoms with E-state index in [9.17, 15) is 39.6 Å². The molecule has 0 heterocycles. The van der Waals surface area contributed by atoms with E-state index in [1.165, 1.54) is 0 Å². The molecular formula is C22H38O8S4Sn. The minimum absolute atomic E-state index is 0.131. The van der Waals surface area contributed by atoms with Crippen LogP contribution in [-0.4, -0.2) is 68.0 Å². The molecule has 0 N–H and O–H groups in total. The van der Waals surface area contributed by atoms with Crippen LogP contribution in [0, 0.1) is 10.8 Å². The molecule has 0 saturated heterocycles. The Kier molecular flexibility index (Phi) is 27.6. The normalized spacial score (nSPS) is 10.9. The molecule has 0 spiro atoms. The molecule has 0 amide bonds. The average molecular weight is 678 g/mol. The summed E-state index contributed by atoms with van der Waals surface area (Å²) in [5.74, 6) is -2.92. The fourth-order valence-corrected chi connectivity index (χ4v) is 5.07. The van der Waals surface area contributed by atoms with Crippen LogP contribution >= 0.6 is 50.5 Å². The van der Waals surface area contributed by atoms with E-state index < -0.39 is 34.7 Å². The van der Waals surface area contributed by atoms with E-state index in [1.807, 2.05) is 0 Å². The van der Waals surface area contributed by atoms with Crippen LogP contribution in [0.3, 0.4) is 0 Å². The quantitative estimate of drug-likeness (QED) is 0.110. The molecule has 0 rings (SSSR count). The summed E-state index contributed by atoms with van der Waals surface area (Å²) >= 11 is 16.3. The SMILES string of the molecule is O=C([O-])CCCC(CCS)(CCS)C(=O)[O-].O=C([O-])CCCC(CCS)(CCS)C(=O)[O-].[CH3][Sn+4][CH3]. The Balaban J connectivity index is -0.000000525. The third-order valence-corrected chi connectivity index (χ3v) is 6.19. The van der Waals surface area contributed by atoms with Gasteiger partial charge in [0, 0.05) is 34.7 Å². The van der Waals surface area contributed by atoms with E-state index in [-0.39, 0.29) is 59.7 Å². The maximum atomic E-state index is 11.1. The van der Waals surface area contributed by atoms with E-state index in [2.05, 4.69) is 60.4 Å². The molecule has 0 atom stereocenters. The molecule has 0 aromatic carbocycles. The van der Waals surface area contributed by atoms with E-state index in [1.54, 1.807) is 0 Å². The molecule has 35 heavy (non-hydrogen) atoms. The summed E-state index contributed by atoms with van der Waals surface area (Å²) in [6.07, 6.45) is 2.29. The molecule has 0 aliphatic carbocycles. The van der Waals surface area contributed by atoms with Crippen molar-refractivity contribution in [1.29, 1.82) is 0 Å². The number of carboxylic acids is 4. The topological polar surface area (TPSA) is 161 Å². The van der Waals surface area contributed by atoms with Crippen molar-refractivity contribution >= 4 is 95.5 Å². The van der Waals surface area contributed by atoms with Gasteiger partial charge in [-0.3, -0.25) is 0 Å². The number of hydrogen-bond acceptors (Lipinski definition) is 12. The monoisotopic (exact) mass is 678 g/mol. The van der Waals surface area contributed by atoms with Crippen molar-refractivity contribution in [2.24, 2.45) is 10.8 Å². The Bertz CT molecular complexity index is 546. The zero-order valence-corrected chi connectivity index (χ0v) is 26.9. The van der Waals surface area contributed by atoms with Crippen LogP contribution in [-0.2, 0) is 19.2 Å². The van der Waals surface area contributed by atoms with Crippen molar-refractivity contribution in [2.75, 3.05) is 23.0 Å². The van der Waals surface area contributed by atoms with Crippen LogP contribution in [0.1, 0.15) is 64.2 Å². The summed E-state index contributed by atoms with van der Waals surface area (Å²) in [4.78, 5) is 47.4. The predicted molar refractivity (Wildman–Crippen MR) is 144 cm³/mol. The number of carbonyl (C=O) groups excluding carboxylic acids is 4. The Hall–Kier alpha value is 0.0787. The third kappa shape index (κ3) is 19.8. The molecule has 0 aromatic rings.